The van der Waals surface area contributed by atoms with Crippen LogP contribution < -0.4 is 18.3 Å². The minimum absolute atomic E-state index is 0.519. The zero-order chi connectivity index (χ0) is 77.2. The maximum Gasteiger partial charge on any atom is 0.220 e. The minimum Gasteiger partial charge on any atom is -0.198 e. The van der Waals surface area contributed by atoms with Gasteiger partial charge in [-0.25, -0.2) is 0 Å². The van der Waals surface area contributed by atoms with Crippen molar-refractivity contribution in [1.82, 2.24) is 0 Å². The summed E-state index contributed by atoms with van der Waals surface area (Å²) < 4.78 is 9.42. The van der Waals surface area contributed by atoms with Gasteiger partial charge in [0.25, 0.3) is 0 Å². The van der Waals surface area contributed by atoms with Crippen LogP contribution in [0.2, 0.25) is 0 Å². The van der Waals surface area contributed by atoms with E-state index in [9.17, 15) is 0 Å². The Kier molecular flexibility index (Phi) is 25.7. The molecule has 0 radical (unpaired) electrons. The fourth-order valence-electron chi connectivity index (χ4n) is 15.4. The Balaban J connectivity index is 0.000000162. The highest BCUT2D eigenvalue weighted by Gasteiger charge is 2.28. The fourth-order valence-corrected chi connectivity index (χ4v) is 15.4. The maximum absolute atomic E-state index is 2.43. The van der Waals surface area contributed by atoms with Gasteiger partial charge in [0.2, 0.25) is 22.8 Å². The van der Waals surface area contributed by atoms with Gasteiger partial charge in [0.15, 0.2) is 22.8 Å². The van der Waals surface area contributed by atoms with Crippen LogP contribution in [0.4, 0.5) is 0 Å². The second-order valence-corrected chi connectivity index (χ2v) is 33.4. The number of hydrogen-bond donors (Lipinski definition) is 0. The molecule has 0 saturated heterocycles. The van der Waals surface area contributed by atoms with E-state index in [1.54, 1.807) is 0 Å². The molecule has 0 fully saturated rings. The molecule has 0 saturated carbocycles. The van der Waals surface area contributed by atoms with Crippen molar-refractivity contribution in [3.05, 3.63) is 258 Å². The summed E-state index contributed by atoms with van der Waals surface area (Å²) in [7, 11) is 8.78. The number of aryl methyl sites for hydroxylation is 8. The van der Waals surface area contributed by atoms with Crippen LogP contribution in [0.5, 0.6) is 0 Å². The quantitative estimate of drug-likeness (QED) is 0.0965. The first-order valence-electron chi connectivity index (χ1n) is 39.7. The smallest absolute Gasteiger partial charge is 0.198 e. The monoisotopic (exact) mass is 1400 g/mol. The van der Waals surface area contributed by atoms with E-state index in [1.807, 2.05) is 0 Å². The van der Waals surface area contributed by atoms with E-state index in [2.05, 4.69) is 385 Å². The van der Waals surface area contributed by atoms with Crippen LogP contribution in [-0.4, -0.2) is 0 Å². The Bertz CT molecular complexity index is 5090. The van der Waals surface area contributed by atoms with E-state index >= 15 is 0 Å². The van der Waals surface area contributed by atoms with E-state index in [1.165, 1.54) is 194 Å². The van der Waals surface area contributed by atoms with Crippen molar-refractivity contribution < 1.29 is 18.3 Å². The van der Waals surface area contributed by atoms with E-state index in [0.717, 1.165) is 12.8 Å². The molecular formula is C101H130N4+4. The van der Waals surface area contributed by atoms with Gasteiger partial charge in [-0.2, -0.15) is 18.3 Å². The Hall–Kier alpha value is -8.60. The summed E-state index contributed by atoms with van der Waals surface area (Å²) in [6.45, 7) is 61.0. The predicted molar refractivity (Wildman–Crippen MR) is 456 cm³/mol. The summed E-state index contributed by atoms with van der Waals surface area (Å²) in [6, 6.07) is 58.5. The molecule has 0 aliphatic carbocycles. The second kappa shape index (κ2) is 33.5. The summed E-state index contributed by atoms with van der Waals surface area (Å²) in [5.74, 6) is 4.29. The zero-order valence-electron chi connectivity index (χ0n) is 70.8. The molecule has 0 bridgehead atoms. The van der Waals surface area contributed by atoms with Crippen molar-refractivity contribution >= 4 is 43.1 Å². The van der Waals surface area contributed by atoms with Gasteiger partial charge in [0.1, 0.15) is 28.2 Å². The number of fused-ring (bicyclic) bond motifs is 4. The number of aromatic nitrogens is 4. The summed E-state index contributed by atoms with van der Waals surface area (Å²) in [5.41, 5.74) is 37.1. The zero-order valence-corrected chi connectivity index (χ0v) is 70.8. The normalized spacial score (nSPS) is 11.8. The first kappa shape index (κ1) is 80.5. The summed E-state index contributed by atoms with van der Waals surface area (Å²) in [4.78, 5) is 0. The molecule has 550 valence electrons. The number of nitrogens with zero attached hydrogens (tertiary/aromatic N) is 4. The SMILES string of the molecule is CCc1cc(CC)c(C)c(-c2c3ccc(C(C)C)cc3cc(C)[n+]2C)c1.Cc1c(-c2c3ccc(C(C)C)cc3cc(C)[n+]2C)cc(C(C)C)cc1C(C)C.Cc1cc(C(C)C)cc(-c2c3ccc(C(C)C)cc3cc(C)[n+]2C)c1C.Cc1ccc(C(C)C)cc1-c1c2ccc(C(C)C)cc2cc(C)[n+]1C. The van der Waals surface area contributed by atoms with Gasteiger partial charge in [0.05, 0.1) is 38.2 Å². The third kappa shape index (κ3) is 17.1. The Morgan fingerprint density at radius 3 is 0.867 bits per heavy atom. The number of benzene rings is 8. The van der Waals surface area contributed by atoms with Crippen LogP contribution in [-0.2, 0) is 41.0 Å². The molecule has 0 atom stereocenters. The van der Waals surface area contributed by atoms with Gasteiger partial charge < -0.3 is 0 Å². The second-order valence-electron chi connectivity index (χ2n) is 33.4. The van der Waals surface area contributed by atoms with Crippen LogP contribution in [0.1, 0.15) is 278 Å². The average molecular weight is 1400 g/mol. The molecule has 105 heavy (non-hydrogen) atoms. The molecule has 0 amide bonds. The van der Waals surface area contributed by atoms with Crippen LogP contribution in [0, 0.1) is 62.3 Å². The van der Waals surface area contributed by atoms with Crippen molar-refractivity contribution in [2.45, 2.75) is 247 Å². The van der Waals surface area contributed by atoms with Crippen LogP contribution in [0.15, 0.2) is 152 Å². The lowest BCUT2D eigenvalue weighted by molar-refractivity contribution is -0.665. The molecule has 4 heterocycles. The summed E-state index contributed by atoms with van der Waals surface area (Å²) in [6.07, 6.45) is 2.16. The standard InChI is InChI=1S/C27H36N.2C25H32N.C24H30N/c1-16(2)21-10-11-24-23(13-21)12-19(7)28(9)27(24)26-15-22(17(3)4)14-25(18(5)6)20(26)8;1-15(2)20-9-10-23-22(13-20)12-18(6)26(8)25(23)24-14-21(16(3)4)11-17(5)19(24)7;1-8-19-13-20(9-2)18(6)24(14-19)25-23-11-10-21(16(3)4)15-22(23)12-17(5)26(25)7;1-15(2)19-10-11-22-21(13-19)12-18(6)25(7)24(22)23-14-20(16(3)4)9-8-17(23)5/h10-18H,1-9H3;9-16H,1-8H3;10-16H,8-9H2,1-7H3;8-16H,1-7H3/q4*+1. The highest BCUT2D eigenvalue weighted by atomic mass is 15.0. The van der Waals surface area contributed by atoms with Gasteiger partial charge in [0, 0.05) is 57.5 Å². The Labute approximate surface area is 635 Å². The number of pyridine rings is 4. The van der Waals surface area contributed by atoms with Crippen molar-refractivity contribution in [2.24, 2.45) is 28.2 Å². The van der Waals surface area contributed by atoms with E-state index in [0.29, 0.717) is 47.3 Å². The highest BCUT2D eigenvalue weighted by molar-refractivity contribution is 5.98. The number of hydrogen-bond acceptors (Lipinski definition) is 0. The predicted octanol–water partition coefficient (Wildman–Crippen LogP) is 26.2. The van der Waals surface area contributed by atoms with Gasteiger partial charge >= 0.3 is 0 Å². The first-order chi connectivity index (χ1) is 49.5. The van der Waals surface area contributed by atoms with Gasteiger partial charge in [-0.15, -0.1) is 0 Å². The third-order valence-corrected chi connectivity index (χ3v) is 23.3. The van der Waals surface area contributed by atoms with Gasteiger partial charge in [-0.05, 0) is 248 Å². The Morgan fingerprint density at radius 2 is 0.543 bits per heavy atom. The van der Waals surface area contributed by atoms with Crippen molar-refractivity contribution in [2.75, 3.05) is 0 Å². The Morgan fingerprint density at radius 1 is 0.248 bits per heavy atom. The topological polar surface area (TPSA) is 15.5 Å². The molecule has 0 N–H and O–H groups in total. The summed E-state index contributed by atoms with van der Waals surface area (Å²) >= 11 is 0. The van der Waals surface area contributed by atoms with E-state index < -0.39 is 0 Å². The lowest BCUT2D eigenvalue weighted by atomic mass is 9.86. The molecule has 4 aromatic heterocycles. The van der Waals surface area contributed by atoms with Crippen LogP contribution in [0.25, 0.3) is 88.1 Å². The molecule has 8 aromatic carbocycles. The maximum atomic E-state index is 2.43. The largest absolute Gasteiger partial charge is 0.220 e. The van der Waals surface area contributed by atoms with Crippen molar-refractivity contribution in [3.8, 4) is 45.0 Å². The molecule has 0 aliphatic rings. The van der Waals surface area contributed by atoms with Crippen LogP contribution in [0.3, 0.4) is 0 Å². The van der Waals surface area contributed by atoms with Crippen LogP contribution >= 0.6 is 0 Å². The minimum atomic E-state index is 0.519. The fraction of sp³-hybridized carbons (Fsp3) is 0.406. The van der Waals surface area contributed by atoms with E-state index in [-0.39, 0.29) is 0 Å². The lowest BCUT2D eigenvalue weighted by Gasteiger charge is -2.19. The molecule has 12 aromatic rings. The molecular weight excluding hydrogens is 1270 g/mol. The molecule has 4 nitrogen and oxygen atoms in total. The third-order valence-electron chi connectivity index (χ3n) is 23.3. The van der Waals surface area contributed by atoms with Gasteiger partial charge in [-0.1, -0.05) is 203 Å². The number of rotatable bonds is 14. The summed E-state index contributed by atoms with van der Waals surface area (Å²) in [5, 5.41) is 10.7. The van der Waals surface area contributed by atoms with Gasteiger partial charge in [-0.3, -0.25) is 0 Å². The van der Waals surface area contributed by atoms with Crippen molar-refractivity contribution in [3.63, 3.8) is 0 Å². The molecule has 0 aliphatic heterocycles. The molecule has 4 heteroatoms. The molecule has 12 rings (SSSR count). The first-order valence-corrected chi connectivity index (χ1v) is 39.7. The average Bonchev–Trinajstić information content (AvgIpc) is 0.774. The highest BCUT2D eigenvalue weighted by Crippen LogP contribution is 2.40. The molecule has 0 unspecified atom stereocenters. The van der Waals surface area contributed by atoms with E-state index in [4.69, 9.17) is 0 Å². The van der Waals surface area contributed by atoms with Crippen molar-refractivity contribution in [1.29, 1.82) is 0 Å². The lowest BCUT2D eigenvalue weighted by Crippen LogP contribution is -2.35. The molecule has 0 spiro atoms.